The van der Waals surface area contributed by atoms with Crippen molar-refractivity contribution in [3.05, 3.63) is 29.6 Å². The number of nitrogens with one attached hydrogen (secondary N) is 2. The summed E-state index contributed by atoms with van der Waals surface area (Å²) in [6.07, 6.45) is 4.68. The molecule has 1 atom stereocenters. The summed E-state index contributed by atoms with van der Waals surface area (Å²) in [6, 6.07) is 4.13. The fourth-order valence-electron chi connectivity index (χ4n) is 4.38. The molecule has 6 nitrogen and oxygen atoms in total. The smallest absolute Gasteiger partial charge is 0.325 e. The molecule has 1 saturated carbocycles. The molecule has 2 N–H and O–H groups in total. The molecule has 150 valence electrons. The van der Waals surface area contributed by atoms with Crippen LogP contribution in [0.25, 0.3) is 0 Å². The van der Waals surface area contributed by atoms with Crippen LogP contribution in [0.5, 0.6) is 0 Å². The molecule has 8 heteroatoms. The number of rotatable bonds is 5. The van der Waals surface area contributed by atoms with E-state index in [4.69, 9.17) is 0 Å². The summed E-state index contributed by atoms with van der Waals surface area (Å²) in [5.41, 5.74) is 0.120. The van der Waals surface area contributed by atoms with Gasteiger partial charge >= 0.3 is 6.03 Å². The van der Waals surface area contributed by atoms with E-state index in [-0.39, 0.29) is 42.7 Å². The number of hydrogen-bond acceptors (Lipinski definition) is 4. The van der Waals surface area contributed by atoms with Crippen molar-refractivity contribution in [3.8, 4) is 0 Å². The highest BCUT2D eigenvalue weighted by atomic mass is 32.2. The van der Waals surface area contributed by atoms with Crippen molar-refractivity contribution in [2.45, 2.75) is 61.4 Å². The summed E-state index contributed by atoms with van der Waals surface area (Å²) in [4.78, 5) is 39.4. The van der Waals surface area contributed by atoms with Crippen LogP contribution in [-0.4, -0.2) is 40.6 Å². The Kier molecular flexibility index (Phi) is 5.31. The fourth-order valence-corrected chi connectivity index (χ4v) is 5.48. The van der Waals surface area contributed by atoms with Gasteiger partial charge in [-0.05, 0) is 49.4 Å². The molecule has 2 fully saturated rings. The first-order valence-corrected chi connectivity index (χ1v) is 10.8. The number of fused-ring (bicyclic) bond motifs is 1. The maximum Gasteiger partial charge on any atom is 0.325 e. The van der Waals surface area contributed by atoms with Gasteiger partial charge in [0.05, 0.1) is 6.04 Å². The first kappa shape index (κ1) is 19.2. The number of imide groups is 1. The van der Waals surface area contributed by atoms with Gasteiger partial charge in [0, 0.05) is 23.6 Å². The van der Waals surface area contributed by atoms with Crippen LogP contribution < -0.4 is 10.6 Å². The number of hydrogen-bond donors (Lipinski definition) is 2. The number of amides is 4. The van der Waals surface area contributed by atoms with Crippen molar-refractivity contribution in [2.24, 2.45) is 0 Å². The fraction of sp³-hybridized carbons (Fsp3) is 0.550. The molecule has 28 heavy (non-hydrogen) atoms. The van der Waals surface area contributed by atoms with Gasteiger partial charge < -0.3 is 10.6 Å². The van der Waals surface area contributed by atoms with Gasteiger partial charge in [-0.15, -0.1) is 11.8 Å². The van der Waals surface area contributed by atoms with Crippen molar-refractivity contribution in [3.63, 3.8) is 0 Å². The van der Waals surface area contributed by atoms with E-state index in [0.29, 0.717) is 19.3 Å². The van der Waals surface area contributed by atoms with E-state index in [1.54, 1.807) is 17.8 Å². The zero-order chi connectivity index (χ0) is 19.7. The van der Waals surface area contributed by atoms with Gasteiger partial charge in [-0.25, -0.2) is 9.18 Å². The van der Waals surface area contributed by atoms with Crippen LogP contribution in [0.2, 0.25) is 0 Å². The molecular weight excluding hydrogens is 381 g/mol. The average molecular weight is 405 g/mol. The lowest BCUT2D eigenvalue weighted by Gasteiger charge is -2.26. The Morgan fingerprint density at radius 3 is 2.89 bits per heavy atom. The van der Waals surface area contributed by atoms with Crippen LogP contribution in [-0.2, 0) is 9.59 Å². The third kappa shape index (κ3) is 3.62. The second-order valence-corrected chi connectivity index (χ2v) is 8.86. The first-order chi connectivity index (χ1) is 13.5. The Bertz CT molecular complexity index is 810. The van der Waals surface area contributed by atoms with Gasteiger partial charge in [0.2, 0.25) is 5.91 Å². The molecule has 2 heterocycles. The van der Waals surface area contributed by atoms with Crippen molar-refractivity contribution >= 4 is 29.6 Å². The van der Waals surface area contributed by atoms with Gasteiger partial charge in [-0.3, -0.25) is 14.5 Å². The second kappa shape index (κ2) is 7.73. The minimum Gasteiger partial charge on any atom is -0.349 e. The van der Waals surface area contributed by atoms with E-state index < -0.39 is 5.54 Å². The van der Waals surface area contributed by atoms with Gasteiger partial charge in [0.15, 0.2) is 0 Å². The molecule has 1 saturated heterocycles. The Labute approximate surface area is 167 Å². The molecular formula is C20H24FN3O3S. The summed E-state index contributed by atoms with van der Waals surface area (Å²) in [5, 5.41) is 5.82. The van der Waals surface area contributed by atoms with E-state index in [0.717, 1.165) is 35.5 Å². The highest BCUT2D eigenvalue weighted by Crippen LogP contribution is 2.37. The molecule has 0 unspecified atom stereocenters. The molecule has 0 radical (unpaired) electrons. The maximum atomic E-state index is 13.6. The summed E-state index contributed by atoms with van der Waals surface area (Å²) >= 11 is 1.67. The van der Waals surface area contributed by atoms with Gasteiger partial charge in [0.25, 0.3) is 5.91 Å². The van der Waals surface area contributed by atoms with E-state index in [9.17, 15) is 18.8 Å². The second-order valence-electron chi connectivity index (χ2n) is 7.72. The monoisotopic (exact) mass is 405 g/mol. The average Bonchev–Trinajstić information content (AvgIpc) is 3.22. The summed E-state index contributed by atoms with van der Waals surface area (Å²) in [7, 11) is 0. The number of carbonyl (C=O) groups is 3. The van der Waals surface area contributed by atoms with Crippen LogP contribution in [0.15, 0.2) is 23.1 Å². The highest BCUT2D eigenvalue weighted by Gasteiger charge is 2.52. The molecule has 1 aromatic carbocycles. The third-order valence-electron chi connectivity index (χ3n) is 5.84. The lowest BCUT2D eigenvalue weighted by Crippen LogP contribution is -2.44. The third-order valence-corrected chi connectivity index (χ3v) is 6.96. The lowest BCUT2D eigenvalue weighted by molar-refractivity contribution is -0.131. The van der Waals surface area contributed by atoms with Crippen molar-refractivity contribution in [1.82, 2.24) is 15.5 Å². The Morgan fingerprint density at radius 2 is 2.11 bits per heavy atom. The molecule has 4 amide bonds. The lowest BCUT2D eigenvalue weighted by atomic mass is 9.98. The number of benzene rings is 1. The molecule has 4 rings (SSSR count). The molecule has 1 aliphatic carbocycles. The zero-order valence-corrected chi connectivity index (χ0v) is 16.4. The molecule has 1 aromatic rings. The first-order valence-electron chi connectivity index (χ1n) is 9.84. The summed E-state index contributed by atoms with van der Waals surface area (Å²) in [5.74, 6) is 0.271. The van der Waals surface area contributed by atoms with E-state index in [2.05, 4.69) is 10.6 Å². The quantitative estimate of drug-likeness (QED) is 0.738. The highest BCUT2D eigenvalue weighted by molar-refractivity contribution is 7.99. The zero-order valence-electron chi connectivity index (χ0n) is 15.6. The molecule has 0 bridgehead atoms. The number of halogens is 1. The van der Waals surface area contributed by atoms with Crippen LogP contribution in [0.3, 0.4) is 0 Å². The van der Waals surface area contributed by atoms with Crippen LogP contribution in [0, 0.1) is 5.82 Å². The number of nitrogens with zero attached hydrogens (tertiary/aromatic N) is 1. The minimum atomic E-state index is -0.701. The molecule has 0 aromatic heterocycles. The predicted molar refractivity (Wildman–Crippen MR) is 103 cm³/mol. The Morgan fingerprint density at radius 1 is 1.32 bits per heavy atom. The summed E-state index contributed by atoms with van der Waals surface area (Å²) < 4.78 is 13.6. The molecule has 3 aliphatic rings. The van der Waals surface area contributed by atoms with E-state index in [1.807, 2.05) is 0 Å². The number of carbonyl (C=O) groups excluding carboxylic acids is 3. The number of urea groups is 1. The van der Waals surface area contributed by atoms with E-state index in [1.165, 1.54) is 17.0 Å². The molecule has 2 aliphatic heterocycles. The Balaban J connectivity index is 1.30. The SMILES string of the molecule is O=C(CCCN1C(=O)NC2(CCCC2)C1=O)N[C@H]1CCSc2ccc(F)cc21. The minimum absolute atomic E-state index is 0.144. The summed E-state index contributed by atoms with van der Waals surface area (Å²) in [6.45, 7) is 0.242. The van der Waals surface area contributed by atoms with Gasteiger partial charge in [0.1, 0.15) is 11.4 Å². The van der Waals surface area contributed by atoms with Crippen LogP contribution >= 0.6 is 11.8 Å². The van der Waals surface area contributed by atoms with Crippen LogP contribution in [0.4, 0.5) is 9.18 Å². The topological polar surface area (TPSA) is 78.5 Å². The largest absolute Gasteiger partial charge is 0.349 e. The van der Waals surface area contributed by atoms with Crippen LogP contribution in [0.1, 0.15) is 56.6 Å². The maximum absolute atomic E-state index is 13.6. The standard InChI is InChI=1S/C20H24FN3O3S/c21-13-5-6-16-14(12-13)15(7-11-28-16)22-17(25)4-3-10-24-18(26)20(23-19(24)27)8-1-2-9-20/h5-6,12,15H,1-4,7-11H2,(H,22,25)(H,23,27)/t15-/m0/s1. The normalized spacial score (nSPS) is 23.0. The van der Waals surface area contributed by atoms with Crippen molar-refractivity contribution in [1.29, 1.82) is 0 Å². The number of thioether (sulfide) groups is 1. The Hall–Kier alpha value is -2.09. The van der Waals surface area contributed by atoms with Crippen molar-refractivity contribution in [2.75, 3.05) is 12.3 Å². The van der Waals surface area contributed by atoms with Crippen molar-refractivity contribution < 1.29 is 18.8 Å². The van der Waals surface area contributed by atoms with E-state index >= 15 is 0 Å². The predicted octanol–water partition coefficient (Wildman–Crippen LogP) is 3.12. The van der Waals surface area contributed by atoms with Gasteiger partial charge in [-0.2, -0.15) is 0 Å². The van der Waals surface area contributed by atoms with Gasteiger partial charge in [-0.1, -0.05) is 12.8 Å². The molecule has 1 spiro atoms.